The van der Waals surface area contributed by atoms with Crippen molar-refractivity contribution in [2.45, 2.75) is 43.8 Å². The van der Waals surface area contributed by atoms with Crippen LogP contribution in [0.5, 0.6) is 0 Å². The first-order chi connectivity index (χ1) is 14.0. The van der Waals surface area contributed by atoms with Crippen LogP contribution in [0.4, 0.5) is 5.13 Å². The normalized spacial score (nSPS) is 12.9. The van der Waals surface area contributed by atoms with E-state index >= 15 is 0 Å². The molecule has 0 aliphatic carbocycles. The Kier molecular flexibility index (Phi) is 6.99. The SMILES string of the molecule is CCn1c(S[C@@H](C)C(=O)Nc2nccs2)nnc1[C@@H](C)NC(=O)c1ccccc1. The number of benzene rings is 1. The smallest absolute Gasteiger partial charge is 0.251 e. The minimum atomic E-state index is -0.379. The maximum atomic E-state index is 12.4. The van der Waals surface area contributed by atoms with Gasteiger partial charge in [-0.2, -0.15) is 0 Å². The highest BCUT2D eigenvalue weighted by atomic mass is 32.2. The van der Waals surface area contributed by atoms with E-state index in [1.165, 1.54) is 23.1 Å². The summed E-state index contributed by atoms with van der Waals surface area (Å²) in [6.07, 6.45) is 1.64. The van der Waals surface area contributed by atoms with Crippen molar-refractivity contribution in [3.63, 3.8) is 0 Å². The van der Waals surface area contributed by atoms with Gasteiger partial charge in [0.1, 0.15) is 0 Å². The van der Waals surface area contributed by atoms with Crippen molar-refractivity contribution in [1.29, 1.82) is 0 Å². The summed E-state index contributed by atoms with van der Waals surface area (Å²) in [5.41, 5.74) is 0.587. The van der Waals surface area contributed by atoms with E-state index < -0.39 is 0 Å². The molecule has 3 aromatic rings. The first-order valence-corrected chi connectivity index (χ1v) is 10.9. The molecule has 0 radical (unpaired) electrons. The van der Waals surface area contributed by atoms with Gasteiger partial charge in [0.25, 0.3) is 5.91 Å². The number of hydrogen-bond acceptors (Lipinski definition) is 7. The van der Waals surface area contributed by atoms with Gasteiger partial charge in [-0.3, -0.25) is 9.59 Å². The summed E-state index contributed by atoms with van der Waals surface area (Å²) >= 11 is 2.69. The average molecular weight is 431 g/mol. The predicted molar refractivity (Wildman–Crippen MR) is 114 cm³/mol. The molecule has 0 unspecified atom stereocenters. The second kappa shape index (κ2) is 9.66. The highest BCUT2D eigenvalue weighted by Crippen LogP contribution is 2.25. The lowest BCUT2D eigenvalue weighted by Gasteiger charge is -2.16. The highest BCUT2D eigenvalue weighted by molar-refractivity contribution is 8.00. The van der Waals surface area contributed by atoms with Crippen LogP contribution >= 0.6 is 23.1 Å². The van der Waals surface area contributed by atoms with Gasteiger partial charge >= 0.3 is 0 Å². The van der Waals surface area contributed by atoms with Gasteiger partial charge in [0.2, 0.25) is 5.91 Å². The van der Waals surface area contributed by atoms with Crippen molar-refractivity contribution in [2.75, 3.05) is 5.32 Å². The number of carbonyl (C=O) groups is 2. The molecule has 3 rings (SSSR count). The molecular formula is C19H22N6O2S2. The summed E-state index contributed by atoms with van der Waals surface area (Å²) in [6.45, 7) is 6.27. The Bertz CT molecular complexity index is 959. The zero-order valence-corrected chi connectivity index (χ0v) is 18.0. The highest BCUT2D eigenvalue weighted by Gasteiger charge is 2.23. The van der Waals surface area contributed by atoms with Gasteiger partial charge in [0, 0.05) is 23.7 Å². The Balaban J connectivity index is 1.67. The molecule has 0 fully saturated rings. The van der Waals surface area contributed by atoms with Gasteiger partial charge in [-0.1, -0.05) is 30.0 Å². The molecular weight excluding hydrogens is 408 g/mol. The number of nitrogens with zero attached hydrogens (tertiary/aromatic N) is 4. The van der Waals surface area contributed by atoms with Gasteiger partial charge in [0.15, 0.2) is 16.1 Å². The molecule has 2 aromatic heterocycles. The minimum Gasteiger partial charge on any atom is -0.342 e. The fraction of sp³-hybridized carbons (Fsp3) is 0.316. The van der Waals surface area contributed by atoms with Gasteiger partial charge in [-0.05, 0) is 32.9 Å². The van der Waals surface area contributed by atoms with Crippen molar-refractivity contribution >= 4 is 40.0 Å². The van der Waals surface area contributed by atoms with Crippen LogP contribution in [0.1, 0.15) is 43.0 Å². The van der Waals surface area contributed by atoms with Gasteiger partial charge < -0.3 is 15.2 Å². The Labute approximate surface area is 177 Å². The predicted octanol–water partition coefficient (Wildman–Crippen LogP) is 3.36. The third-order valence-corrected chi connectivity index (χ3v) is 5.92. The topological polar surface area (TPSA) is 102 Å². The van der Waals surface area contributed by atoms with Crippen LogP contribution < -0.4 is 10.6 Å². The second-order valence-corrected chi connectivity index (χ2v) is 8.44. The maximum Gasteiger partial charge on any atom is 0.251 e. The number of carbonyl (C=O) groups excluding carboxylic acids is 2. The number of amides is 2. The van der Waals surface area contributed by atoms with Gasteiger partial charge in [-0.25, -0.2) is 4.98 Å². The van der Waals surface area contributed by atoms with Crippen molar-refractivity contribution in [3.8, 4) is 0 Å². The van der Waals surface area contributed by atoms with E-state index in [9.17, 15) is 9.59 Å². The monoisotopic (exact) mass is 430 g/mol. The Morgan fingerprint density at radius 3 is 2.62 bits per heavy atom. The van der Waals surface area contributed by atoms with Gasteiger partial charge in [-0.15, -0.1) is 21.5 Å². The fourth-order valence-electron chi connectivity index (χ4n) is 2.64. The number of aromatic nitrogens is 4. The summed E-state index contributed by atoms with van der Waals surface area (Å²) in [6, 6.07) is 8.70. The van der Waals surface area contributed by atoms with E-state index in [1.807, 2.05) is 43.5 Å². The molecule has 0 spiro atoms. The Morgan fingerprint density at radius 1 is 1.21 bits per heavy atom. The van der Waals surface area contributed by atoms with E-state index in [4.69, 9.17) is 0 Å². The van der Waals surface area contributed by atoms with E-state index in [0.717, 1.165) is 0 Å². The number of thiazole rings is 1. The van der Waals surface area contributed by atoms with Gasteiger partial charge in [0.05, 0.1) is 11.3 Å². The lowest BCUT2D eigenvalue weighted by Crippen LogP contribution is -2.28. The molecule has 29 heavy (non-hydrogen) atoms. The zero-order chi connectivity index (χ0) is 20.8. The summed E-state index contributed by atoms with van der Waals surface area (Å²) < 4.78 is 1.91. The number of thioether (sulfide) groups is 1. The van der Waals surface area contributed by atoms with Crippen LogP contribution in [0.25, 0.3) is 0 Å². The van der Waals surface area contributed by atoms with Crippen LogP contribution in [-0.4, -0.2) is 36.8 Å². The molecule has 2 atom stereocenters. The summed E-state index contributed by atoms with van der Waals surface area (Å²) in [5, 5.41) is 16.9. The summed E-state index contributed by atoms with van der Waals surface area (Å²) in [5.74, 6) is 0.323. The van der Waals surface area contributed by atoms with Crippen molar-refractivity contribution in [3.05, 3.63) is 53.3 Å². The molecule has 2 N–H and O–H groups in total. The van der Waals surface area contributed by atoms with Crippen molar-refractivity contribution in [1.82, 2.24) is 25.1 Å². The molecule has 1 aromatic carbocycles. The number of anilines is 1. The third kappa shape index (κ3) is 5.21. The lowest BCUT2D eigenvalue weighted by atomic mass is 10.2. The maximum absolute atomic E-state index is 12.4. The number of hydrogen-bond donors (Lipinski definition) is 2. The first-order valence-electron chi connectivity index (χ1n) is 9.15. The molecule has 2 heterocycles. The van der Waals surface area contributed by atoms with Crippen LogP contribution in [0.2, 0.25) is 0 Å². The third-order valence-electron chi connectivity index (χ3n) is 4.15. The summed E-state index contributed by atoms with van der Waals surface area (Å²) in [4.78, 5) is 28.9. The quantitative estimate of drug-likeness (QED) is 0.531. The first kappa shape index (κ1) is 21.0. The van der Waals surface area contributed by atoms with Crippen LogP contribution in [0.3, 0.4) is 0 Å². The van der Waals surface area contributed by atoms with Crippen LogP contribution in [-0.2, 0) is 11.3 Å². The zero-order valence-electron chi connectivity index (χ0n) is 16.3. The fourth-order valence-corrected chi connectivity index (χ4v) is 4.09. The van der Waals surface area contributed by atoms with Crippen LogP contribution in [0.15, 0.2) is 47.1 Å². The average Bonchev–Trinajstić information content (AvgIpc) is 3.38. The van der Waals surface area contributed by atoms with E-state index in [1.54, 1.807) is 23.7 Å². The standard InChI is InChI=1S/C19H22N6O2S2/c1-4-25-15(12(2)21-17(27)14-8-6-5-7-9-14)23-24-19(25)29-13(3)16(26)22-18-20-10-11-28-18/h5-13H,4H2,1-3H3,(H,21,27)(H,20,22,26)/t12-,13+/m1/s1. The van der Waals surface area contributed by atoms with E-state index in [-0.39, 0.29) is 23.1 Å². The summed E-state index contributed by atoms with van der Waals surface area (Å²) in [7, 11) is 0. The molecule has 0 aliphatic rings. The lowest BCUT2D eigenvalue weighted by molar-refractivity contribution is -0.115. The molecule has 8 nitrogen and oxygen atoms in total. The molecule has 0 saturated carbocycles. The minimum absolute atomic E-state index is 0.150. The molecule has 2 amide bonds. The molecule has 0 bridgehead atoms. The largest absolute Gasteiger partial charge is 0.342 e. The Hall–Kier alpha value is -2.72. The number of nitrogens with one attached hydrogen (secondary N) is 2. The number of rotatable bonds is 8. The van der Waals surface area contributed by atoms with Crippen molar-refractivity contribution in [2.24, 2.45) is 0 Å². The van der Waals surface area contributed by atoms with Crippen LogP contribution in [0, 0.1) is 0 Å². The molecule has 10 heteroatoms. The Morgan fingerprint density at radius 2 is 1.97 bits per heavy atom. The second-order valence-electron chi connectivity index (χ2n) is 6.23. The van der Waals surface area contributed by atoms with E-state index in [2.05, 4.69) is 25.8 Å². The van der Waals surface area contributed by atoms with E-state index in [0.29, 0.717) is 28.2 Å². The molecule has 152 valence electrons. The van der Waals surface area contributed by atoms with Crippen molar-refractivity contribution < 1.29 is 9.59 Å². The molecule has 0 saturated heterocycles. The molecule has 0 aliphatic heterocycles.